The Kier molecular flexibility index (Phi) is 9.25. The predicted octanol–water partition coefficient (Wildman–Crippen LogP) is 0.0859. The second-order valence-electron chi connectivity index (χ2n) is 4.44. The maximum absolute atomic E-state index is 8.91. The molecule has 0 unspecified atom stereocenters. The smallest absolute Gasteiger partial charge is 0.119 e. The highest BCUT2D eigenvalue weighted by Gasteiger charge is 2.03. The number of aliphatic hydroxyl groups excluding tert-OH is 3. The maximum Gasteiger partial charge on any atom is 0.119 e. The fourth-order valence-corrected chi connectivity index (χ4v) is 1.77. The summed E-state index contributed by atoms with van der Waals surface area (Å²) in [5, 5.41) is 26.5. The van der Waals surface area contributed by atoms with E-state index in [2.05, 4.69) is 11.8 Å². The van der Waals surface area contributed by atoms with Crippen molar-refractivity contribution in [3.8, 4) is 17.6 Å². The van der Waals surface area contributed by atoms with Gasteiger partial charge >= 0.3 is 0 Å². The normalized spacial score (nSPS) is 10.3. The summed E-state index contributed by atoms with van der Waals surface area (Å²) in [4.78, 5) is 1.94. The van der Waals surface area contributed by atoms with E-state index >= 15 is 0 Å². The van der Waals surface area contributed by atoms with E-state index in [9.17, 15) is 0 Å². The highest BCUT2D eigenvalue weighted by Crippen LogP contribution is 2.11. The van der Waals surface area contributed by atoms with Gasteiger partial charge in [0.25, 0.3) is 0 Å². The van der Waals surface area contributed by atoms with Crippen molar-refractivity contribution in [3.63, 3.8) is 0 Å². The molecule has 0 aliphatic heterocycles. The second-order valence-corrected chi connectivity index (χ2v) is 4.44. The monoisotopic (exact) mass is 293 g/mol. The van der Waals surface area contributed by atoms with Crippen LogP contribution in [0.4, 0.5) is 0 Å². The van der Waals surface area contributed by atoms with Crippen LogP contribution in [0, 0.1) is 11.8 Å². The first-order valence-corrected chi connectivity index (χ1v) is 7.07. The molecule has 0 heterocycles. The number of hydrogen-bond acceptors (Lipinski definition) is 5. The molecule has 0 atom stereocenters. The largest absolute Gasteiger partial charge is 0.492 e. The molecule has 1 aromatic rings. The van der Waals surface area contributed by atoms with E-state index in [-0.39, 0.29) is 19.8 Å². The van der Waals surface area contributed by atoms with Gasteiger partial charge in [-0.15, -0.1) is 0 Å². The Morgan fingerprint density at radius 2 is 1.57 bits per heavy atom. The third-order valence-corrected chi connectivity index (χ3v) is 2.83. The zero-order valence-electron chi connectivity index (χ0n) is 12.2. The van der Waals surface area contributed by atoms with Gasteiger partial charge < -0.3 is 20.1 Å². The third kappa shape index (κ3) is 7.69. The van der Waals surface area contributed by atoms with Crippen LogP contribution in [0.1, 0.15) is 12.0 Å². The number of nitrogens with zero attached hydrogens (tertiary/aromatic N) is 1. The van der Waals surface area contributed by atoms with Gasteiger partial charge in [-0.05, 0) is 24.3 Å². The SMILES string of the molecule is OCCC#Cc1ccc(OCCN(CCO)CCO)cc1. The first-order chi connectivity index (χ1) is 10.3. The Balaban J connectivity index is 2.37. The van der Waals surface area contributed by atoms with Crippen LogP contribution in [0.3, 0.4) is 0 Å². The van der Waals surface area contributed by atoms with Gasteiger partial charge in [0, 0.05) is 31.6 Å². The molecule has 5 heteroatoms. The van der Waals surface area contributed by atoms with E-state index in [1.165, 1.54) is 0 Å². The first kappa shape index (κ1) is 17.5. The topological polar surface area (TPSA) is 73.2 Å². The van der Waals surface area contributed by atoms with Crippen LogP contribution in [0.2, 0.25) is 0 Å². The fraction of sp³-hybridized carbons (Fsp3) is 0.500. The van der Waals surface area contributed by atoms with Crippen molar-refractivity contribution in [1.29, 1.82) is 0 Å². The van der Waals surface area contributed by atoms with Crippen LogP contribution >= 0.6 is 0 Å². The molecule has 116 valence electrons. The molecule has 0 saturated heterocycles. The number of rotatable bonds is 9. The maximum atomic E-state index is 8.91. The van der Waals surface area contributed by atoms with Gasteiger partial charge in [0.15, 0.2) is 0 Å². The molecule has 1 rings (SSSR count). The highest BCUT2D eigenvalue weighted by molar-refractivity contribution is 5.38. The summed E-state index contributed by atoms with van der Waals surface area (Å²) in [6, 6.07) is 7.45. The van der Waals surface area contributed by atoms with E-state index in [0.717, 1.165) is 11.3 Å². The molecule has 0 aliphatic rings. The number of benzene rings is 1. The van der Waals surface area contributed by atoms with Crippen LogP contribution in [-0.2, 0) is 0 Å². The summed E-state index contributed by atoms with van der Waals surface area (Å²) in [5.41, 5.74) is 0.887. The highest BCUT2D eigenvalue weighted by atomic mass is 16.5. The first-order valence-electron chi connectivity index (χ1n) is 7.07. The molecule has 0 amide bonds. The molecule has 0 bridgehead atoms. The molecule has 21 heavy (non-hydrogen) atoms. The van der Waals surface area contributed by atoms with Crippen molar-refractivity contribution in [2.24, 2.45) is 0 Å². The lowest BCUT2D eigenvalue weighted by Crippen LogP contribution is -2.33. The van der Waals surface area contributed by atoms with Crippen molar-refractivity contribution in [3.05, 3.63) is 29.8 Å². The minimum absolute atomic E-state index is 0.0706. The van der Waals surface area contributed by atoms with Crippen LogP contribution in [0.15, 0.2) is 24.3 Å². The molecule has 3 N–H and O–H groups in total. The summed E-state index contributed by atoms with van der Waals surface area (Å²) in [6.45, 7) is 2.43. The molecule has 0 radical (unpaired) electrons. The zero-order valence-corrected chi connectivity index (χ0v) is 12.2. The van der Waals surface area contributed by atoms with Crippen molar-refractivity contribution >= 4 is 0 Å². The molecule has 0 saturated carbocycles. The Morgan fingerprint density at radius 1 is 0.905 bits per heavy atom. The van der Waals surface area contributed by atoms with Gasteiger partial charge in [0.05, 0.1) is 19.8 Å². The van der Waals surface area contributed by atoms with Gasteiger partial charge in [-0.1, -0.05) is 11.8 Å². The van der Waals surface area contributed by atoms with Gasteiger partial charge in [0.2, 0.25) is 0 Å². The summed E-state index contributed by atoms with van der Waals surface area (Å²) in [7, 11) is 0. The zero-order chi connectivity index (χ0) is 15.3. The van der Waals surface area contributed by atoms with E-state index in [4.69, 9.17) is 20.1 Å². The van der Waals surface area contributed by atoms with E-state index in [0.29, 0.717) is 32.7 Å². The summed E-state index contributed by atoms with van der Waals surface area (Å²) < 4.78 is 5.62. The molecule has 0 aliphatic carbocycles. The van der Waals surface area contributed by atoms with E-state index in [1.807, 2.05) is 29.2 Å². The molecule has 0 aromatic heterocycles. The van der Waals surface area contributed by atoms with Crippen molar-refractivity contribution in [2.45, 2.75) is 6.42 Å². The molecule has 0 fully saturated rings. The quantitative estimate of drug-likeness (QED) is 0.563. The molecular weight excluding hydrogens is 270 g/mol. The summed E-state index contributed by atoms with van der Waals surface area (Å²) >= 11 is 0. The Labute approximate surface area is 125 Å². The number of ether oxygens (including phenoxy) is 1. The average Bonchev–Trinajstić information content (AvgIpc) is 2.49. The van der Waals surface area contributed by atoms with Crippen molar-refractivity contribution in [1.82, 2.24) is 4.90 Å². The molecule has 1 aromatic carbocycles. The fourth-order valence-electron chi connectivity index (χ4n) is 1.77. The minimum Gasteiger partial charge on any atom is -0.492 e. The van der Waals surface area contributed by atoms with Crippen LogP contribution in [0.25, 0.3) is 0 Å². The lowest BCUT2D eigenvalue weighted by molar-refractivity contribution is 0.141. The van der Waals surface area contributed by atoms with Crippen molar-refractivity contribution < 1.29 is 20.1 Å². The summed E-state index contributed by atoms with van der Waals surface area (Å²) in [6.07, 6.45) is 0.476. The van der Waals surface area contributed by atoms with E-state index < -0.39 is 0 Å². The number of aliphatic hydroxyl groups is 3. The second kappa shape index (κ2) is 11.1. The number of hydrogen-bond donors (Lipinski definition) is 3. The summed E-state index contributed by atoms with van der Waals surface area (Å²) in [5.74, 6) is 6.57. The van der Waals surface area contributed by atoms with Crippen LogP contribution < -0.4 is 4.74 Å². The average molecular weight is 293 g/mol. The van der Waals surface area contributed by atoms with Crippen molar-refractivity contribution in [2.75, 3.05) is 46.1 Å². The molecule has 0 spiro atoms. The lowest BCUT2D eigenvalue weighted by Gasteiger charge is -2.20. The Morgan fingerprint density at radius 3 is 2.14 bits per heavy atom. The predicted molar refractivity (Wildman–Crippen MR) is 81.1 cm³/mol. The molecular formula is C16H23NO4. The third-order valence-electron chi connectivity index (χ3n) is 2.83. The van der Waals surface area contributed by atoms with Gasteiger partial charge in [-0.3, -0.25) is 4.90 Å². The van der Waals surface area contributed by atoms with Gasteiger partial charge in [-0.2, -0.15) is 0 Å². The Hall–Kier alpha value is -1.58. The molecule has 5 nitrogen and oxygen atoms in total. The standard InChI is InChI=1S/C16H23NO4/c18-11-2-1-3-15-4-6-16(7-5-15)21-14-10-17(8-12-19)9-13-20/h4-7,18-20H,2,8-14H2. The van der Waals surface area contributed by atoms with Crippen LogP contribution in [0.5, 0.6) is 5.75 Å². The lowest BCUT2D eigenvalue weighted by atomic mass is 10.2. The Bertz CT molecular complexity index is 430. The van der Waals surface area contributed by atoms with Gasteiger partial charge in [-0.25, -0.2) is 0 Å². The minimum atomic E-state index is 0.0706. The van der Waals surface area contributed by atoms with Gasteiger partial charge in [0.1, 0.15) is 12.4 Å². The van der Waals surface area contributed by atoms with E-state index in [1.54, 1.807) is 0 Å². The van der Waals surface area contributed by atoms with Crippen LogP contribution in [-0.4, -0.2) is 66.3 Å².